The maximum Gasteiger partial charge on any atom is 0.223 e. The quantitative estimate of drug-likeness (QED) is 0.554. The van der Waals surface area contributed by atoms with Gasteiger partial charge in [-0.1, -0.05) is 30.3 Å². The number of ether oxygens (including phenoxy) is 1. The number of aromatic nitrogens is 3. The second-order valence-corrected chi connectivity index (χ2v) is 7.49. The summed E-state index contributed by atoms with van der Waals surface area (Å²) in [5, 5.41) is 12.4. The molecule has 30 heavy (non-hydrogen) atoms. The summed E-state index contributed by atoms with van der Waals surface area (Å²) in [5.41, 5.74) is 2.91. The number of carbonyl (C=O) groups is 1. The van der Waals surface area contributed by atoms with Crippen molar-refractivity contribution in [3.8, 4) is 11.4 Å². The van der Waals surface area contributed by atoms with Crippen molar-refractivity contribution in [3.63, 3.8) is 0 Å². The Bertz CT molecular complexity index is 972. The molecule has 156 valence electrons. The van der Waals surface area contributed by atoms with Crippen molar-refractivity contribution in [2.45, 2.75) is 38.4 Å². The third kappa shape index (κ3) is 4.86. The van der Waals surface area contributed by atoms with E-state index < -0.39 is 0 Å². The third-order valence-electron chi connectivity index (χ3n) is 5.43. The molecule has 7 heteroatoms. The van der Waals surface area contributed by atoms with Gasteiger partial charge in [0.25, 0.3) is 0 Å². The first kappa shape index (κ1) is 20.1. The molecule has 1 N–H and O–H groups in total. The Kier molecular flexibility index (Phi) is 6.39. The number of carbonyl (C=O) groups excluding carboxylic acids is 1. The highest BCUT2D eigenvalue weighted by Crippen LogP contribution is 2.23. The molecule has 1 fully saturated rings. The number of hydrogen-bond donors (Lipinski definition) is 1. The largest absolute Gasteiger partial charge is 0.497 e. The number of para-hydroxylation sites is 1. The van der Waals surface area contributed by atoms with Crippen LogP contribution in [0.1, 0.15) is 30.5 Å². The maximum atomic E-state index is 12.4. The molecule has 1 amide bonds. The number of nitrogens with zero attached hydrogens (tertiary/aromatic N) is 4. The van der Waals surface area contributed by atoms with Gasteiger partial charge in [-0.2, -0.15) is 15.0 Å². The lowest BCUT2D eigenvalue weighted by molar-refractivity contribution is -0.129. The van der Waals surface area contributed by atoms with E-state index in [1.54, 1.807) is 18.1 Å². The Morgan fingerprint density at radius 3 is 2.87 bits per heavy atom. The molecule has 2 heterocycles. The molecule has 0 aliphatic carbocycles. The van der Waals surface area contributed by atoms with E-state index in [0.717, 1.165) is 43.1 Å². The lowest BCUT2D eigenvalue weighted by Crippen LogP contribution is -2.34. The van der Waals surface area contributed by atoms with Gasteiger partial charge in [-0.05, 0) is 49.2 Å². The van der Waals surface area contributed by atoms with Crippen molar-refractivity contribution in [3.05, 3.63) is 72.1 Å². The Morgan fingerprint density at radius 1 is 1.17 bits per heavy atom. The molecule has 1 aromatic heterocycles. The average Bonchev–Trinajstić information content (AvgIpc) is 3.40. The fourth-order valence-corrected chi connectivity index (χ4v) is 3.82. The minimum Gasteiger partial charge on any atom is -0.497 e. The van der Waals surface area contributed by atoms with Crippen LogP contribution < -0.4 is 10.1 Å². The predicted octanol–water partition coefficient (Wildman–Crippen LogP) is 2.95. The summed E-state index contributed by atoms with van der Waals surface area (Å²) >= 11 is 0. The standard InChI is InChI=1S/C23H27N5O2/c1-30-22-9-5-6-18(14-22)15-24-13-12-20-10-11-23(29)27(20)17-19-16-25-28(26-19)21-7-3-2-4-8-21/h2-9,14,16,20,24H,10-13,15,17H2,1H3. The molecule has 0 spiro atoms. The van der Waals surface area contributed by atoms with Crippen LogP contribution in [-0.4, -0.2) is 45.5 Å². The fraction of sp³-hybridized carbons (Fsp3) is 0.348. The van der Waals surface area contributed by atoms with Crippen LogP contribution in [0.2, 0.25) is 0 Å². The van der Waals surface area contributed by atoms with Gasteiger partial charge in [0, 0.05) is 19.0 Å². The van der Waals surface area contributed by atoms with Crippen LogP contribution in [0.5, 0.6) is 5.75 Å². The molecule has 1 saturated heterocycles. The molecule has 7 nitrogen and oxygen atoms in total. The first-order valence-electron chi connectivity index (χ1n) is 10.3. The first-order valence-corrected chi connectivity index (χ1v) is 10.3. The van der Waals surface area contributed by atoms with Crippen LogP contribution in [0.15, 0.2) is 60.8 Å². The van der Waals surface area contributed by atoms with Gasteiger partial charge in [0.15, 0.2) is 0 Å². The second kappa shape index (κ2) is 9.54. The summed E-state index contributed by atoms with van der Waals surface area (Å²) in [4.78, 5) is 16.0. The second-order valence-electron chi connectivity index (χ2n) is 7.49. The SMILES string of the molecule is COc1cccc(CNCCC2CCC(=O)N2Cc2cnn(-c3ccccc3)n2)c1. The van der Waals surface area contributed by atoms with Gasteiger partial charge in [0.1, 0.15) is 11.4 Å². The molecule has 1 aliphatic heterocycles. The van der Waals surface area contributed by atoms with Crippen LogP contribution >= 0.6 is 0 Å². The number of methoxy groups -OCH3 is 1. The van der Waals surface area contributed by atoms with Gasteiger partial charge >= 0.3 is 0 Å². The number of benzene rings is 2. The number of hydrogen-bond acceptors (Lipinski definition) is 5. The van der Waals surface area contributed by atoms with E-state index in [0.29, 0.717) is 13.0 Å². The minimum absolute atomic E-state index is 0.196. The Morgan fingerprint density at radius 2 is 2.03 bits per heavy atom. The van der Waals surface area contributed by atoms with E-state index in [1.807, 2.05) is 53.4 Å². The zero-order valence-corrected chi connectivity index (χ0v) is 17.2. The molecule has 1 unspecified atom stereocenters. The van der Waals surface area contributed by atoms with Crippen LogP contribution in [-0.2, 0) is 17.9 Å². The normalized spacial score (nSPS) is 16.2. The molecule has 3 aromatic rings. The summed E-state index contributed by atoms with van der Waals surface area (Å²) in [7, 11) is 1.68. The molecule has 1 atom stereocenters. The van der Waals surface area contributed by atoms with Crippen molar-refractivity contribution in [2.75, 3.05) is 13.7 Å². The Labute approximate surface area is 176 Å². The van der Waals surface area contributed by atoms with E-state index in [2.05, 4.69) is 21.6 Å². The molecule has 1 aliphatic rings. The highest BCUT2D eigenvalue weighted by atomic mass is 16.5. The topological polar surface area (TPSA) is 72.3 Å². The molecular weight excluding hydrogens is 378 g/mol. The fourth-order valence-electron chi connectivity index (χ4n) is 3.82. The molecule has 2 aromatic carbocycles. The molecule has 0 radical (unpaired) electrons. The van der Waals surface area contributed by atoms with E-state index in [4.69, 9.17) is 4.74 Å². The maximum absolute atomic E-state index is 12.4. The molecule has 0 bridgehead atoms. The van der Waals surface area contributed by atoms with Crippen molar-refractivity contribution < 1.29 is 9.53 Å². The number of amides is 1. The van der Waals surface area contributed by atoms with Gasteiger partial charge in [0.2, 0.25) is 5.91 Å². The lowest BCUT2D eigenvalue weighted by atomic mass is 10.1. The first-order chi connectivity index (χ1) is 14.7. The minimum atomic E-state index is 0.196. The van der Waals surface area contributed by atoms with Gasteiger partial charge in [-0.15, -0.1) is 0 Å². The third-order valence-corrected chi connectivity index (χ3v) is 5.43. The monoisotopic (exact) mass is 405 g/mol. The summed E-state index contributed by atoms with van der Waals surface area (Å²) in [6.45, 7) is 2.14. The lowest BCUT2D eigenvalue weighted by Gasteiger charge is -2.24. The number of nitrogens with one attached hydrogen (secondary N) is 1. The van der Waals surface area contributed by atoms with Gasteiger partial charge < -0.3 is 15.0 Å². The summed E-state index contributed by atoms with van der Waals surface area (Å²) in [5.74, 6) is 1.06. The predicted molar refractivity (Wildman–Crippen MR) is 114 cm³/mol. The van der Waals surface area contributed by atoms with Crippen molar-refractivity contribution >= 4 is 5.91 Å². The number of rotatable bonds is 9. The van der Waals surface area contributed by atoms with Gasteiger partial charge in [-0.25, -0.2) is 0 Å². The highest BCUT2D eigenvalue weighted by Gasteiger charge is 2.31. The smallest absolute Gasteiger partial charge is 0.223 e. The summed E-state index contributed by atoms with van der Waals surface area (Å²) in [6.07, 6.45) is 4.17. The van der Waals surface area contributed by atoms with Crippen LogP contribution in [0.4, 0.5) is 0 Å². The van der Waals surface area contributed by atoms with Crippen molar-refractivity contribution in [1.29, 1.82) is 0 Å². The van der Waals surface area contributed by atoms with Crippen LogP contribution in [0.3, 0.4) is 0 Å². The van der Waals surface area contributed by atoms with E-state index in [-0.39, 0.29) is 11.9 Å². The summed E-state index contributed by atoms with van der Waals surface area (Å²) in [6, 6.07) is 18.1. The molecule has 4 rings (SSSR count). The van der Waals surface area contributed by atoms with E-state index in [1.165, 1.54) is 5.56 Å². The average molecular weight is 406 g/mol. The van der Waals surface area contributed by atoms with Gasteiger partial charge in [-0.3, -0.25) is 4.79 Å². The zero-order valence-electron chi connectivity index (χ0n) is 17.2. The van der Waals surface area contributed by atoms with Crippen molar-refractivity contribution in [2.24, 2.45) is 0 Å². The van der Waals surface area contributed by atoms with Crippen LogP contribution in [0.25, 0.3) is 5.69 Å². The molecular formula is C23H27N5O2. The van der Waals surface area contributed by atoms with Crippen molar-refractivity contribution in [1.82, 2.24) is 25.2 Å². The molecule has 0 saturated carbocycles. The zero-order chi connectivity index (χ0) is 20.8. The van der Waals surface area contributed by atoms with E-state index >= 15 is 0 Å². The van der Waals surface area contributed by atoms with E-state index in [9.17, 15) is 4.79 Å². The van der Waals surface area contributed by atoms with Gasteiger partial charge in [0.05, 0.1) is 25.5 Å². The highest BCUT2D eigenvalue weighted by molar-refractivity contribution is 5.78. The Balaban J connectivity index is 1.30. The summed E-state index contributed by atoms with van der Waals surface area (Å²) < 4.78 is 5.27. The number of likely N-dealkylation sites (tertiary alicyclic amines) is 1. The van der Waals surface area contributed by atoms with Crippen LogP contribution in [0, 0.1) is 0 Å². The Hall–Kier alpha value is -3.19.